The van der Waals surface area contributed by atoms with E-state index in [9.17, 15) is 0 Å². The van der Waals surface area contributed by atoms with Crippen LogP contribution < -0.4 is 5.32 Å². The molecule has 1 rings (SSSR count). The molecule has 3 nitrogen and oxygen atoms in total. The highest BCUT2D eigenvalue weighted by atomic mass is 15.0. The Morgan fingerprint density at radius 2 is 1.86 bits per heavy atom. The van der Waals surface area contributed by atoms with Gasteiger partial charge < -0.3 is 5.32 Å². The summed E-state index contributed by atoms with van der Waals surface area (Å²) in [6.45, 7) is 8.59. The van der Waals surface area contributed by atoms with E-state index >= 15 is 0 Å². The molecule has 0 bridgehead atoms. The van der Waals surface area contributed by atoms with Crippen molar-refractivity contribution in [1.82, 2.24) is 9.97 Å². The van der Waals surface area contributed by atoms with Crippen LogP contribution in [0.15, 0.2) is 12.4 Å². The van der Waals surface area contributed by atoms with Gasteiger partial charge in [-0.3, -0.25) is 4.98 Å². The summed E-state index contributed by atoms with van der Waals surface area (Å²) in [6.07, 6.45) is 4.58. The number of aryl methyl sites for hydroxylation is 1. The maximum absolute atomic E-state index is 4.25. The van der Waals surface area contributed by atoms with Crippen molar-refractivity contribution < 1.29 is 0 Å². The van der Waals surface area contributed by atoms with Crippen LogP contribution in [0.4, 0.5) is 5.82 Å². The Labute approximate surface area is 86.0 Å². The number of hydrogen-bond donors (Lipinski definition) is 1. The first-order valence-electron chi connectivity index (χ1n) is 5.13. The zero-order valence-electron chi connectivity index (χ0n) is 9.41. The lowest BCUT2D eigenvalue weighted by Crippen LogP contribution is -2.19. The zero-order chi connectivity index (χ0) is 10.6. The van der Waals surface area contributed by atoms with Crippen molar-refractivity contribution in [3.05, 3.63) is 18.1 Å². The third-order valence-corrected chi connectivity index (χ3v) is 2.09. The summed E-state index contributed by atoms with van der Waals surface area (Å²) in [5.74, 6) is 1.61. The lowest BCUT2D eigenvalue weighted by Gasteiger charge is -2.17. The highest BCUT2D eigenvalue weighted by Crippen LogP contribution is 2.12. The number of nitrogens with one attached hydrogen (secondary N) is 1. The SMILES string of the molecule is Cc1nccnc1NC(C)CC(C)C. The molecule has 1 atom stereocenters. The molecule has 0 spiro atoms. The predicted molar refractivity (Wildman–Crippen MR) is 59.3 cm³/mol. The van der Waals surface area contributed by atoms with Crippen LogP contribution in [0.2, 0.25) is 0 Å². The quantitative estimate of drug-likeness (QED) is 0.798. The van der Waals surface area contributed by atoms with Gasteiger partial charge in [-0.15, -0.1) is 0 Å². The fourth-order valence-corrected chi connectivity index (χ4v) is 1.55. The van der Waals surface area contributed by atoms with Crippen LogP contribution in [0.1, 0.15) is 32.9 Å². The molecule has 78 valence electrons. The van der Waals surface area contributed by atoms with Crippen molar-refractivity contribution in [2.45, 2.75) is 40.2 Å². The molecule has 0 saturated heterocycles. The van der Waals surface area contributed by atoms with Crippen LogP contribution >= 0.6 is 0 Å². The molecule has 0 aliphatic heterocycles. The van der Waals surface area contributed by atoms with Crippen molar-refractivity contribution in [3.63, 3.8) is 0 Å². The molecule has 1 N–H and O–H groups in total. The number of rotatable bonds is 4. The summed E-state index contributed by atoms with van der Waals surface area (Å²) in [7, 11) is 0. The number of anilines is 1. The summed E-state index contributed by atoms with van der Waals surface area (Å²) in [5, 5.41) is 3.37. The van der Waals surface area contributed by atoms with Gasteiger partial charge in [0.15, 0.2) is 0 Å². The maximum Gasteiger partial charge on any atom is 0.147 e. The summed E-state index contributed by atoms with van der Waals surface area (Å²) in [5.41, 5.74) is 0.961. The molecule has 0 aromatic carbocycles. The van der Waals surface area contributed by atoms with E-state index in [0.29, 0.717) is 12.0 Å². The molecule has 1 heterocycles. The second kappa shape index (κ2) is 4.94. The standard InChI is InChI=1S/C11H19N3/c1-8(2)7-9(3)14-11-10(4)12-5-6-13-11/h5-6,8-9H,7H2,1-4H3,(H,13,14). The van der Waals surface area contributed by atoms with E-state index in [1.807, 2.05) is 6.92 Å². The summed E-state index contributed by atoms with van der Waals surface area (Å²) in [6, 6.07) is 0.449. The summed E-state index contributed by atoms with van der Waals surface area (Å²) in [4.78, 5) is 8.44. The number of aromatic nitrogens is 2. The van der Waals surface area contributed by atoms with Gasteiger partial charge in [-0.1, -0.05) is 13.8 Å². The Bertz CT molecular complexity index is 284. The Morgan fingerprint density at radius 3 is 2.43 bits per heavy atom. The molecule has 0 amide bonds. The van der Waals surface area contributed by atoms with E-state index in [2.05, 4.69) is 36.1 Å². The highest BCUT2D eigenvalue weighted by Gasteiger charge is 2.07. The Balaban J connectivity index is 2.56. The first kappa shape index (κ1) is 11.0. The molecular formula is C11H19N3. The second-order valence-electron chi connectivity index (χ2n) is 4.17. The number of nitrogens with zero attached hydrogens (tertiary/aromatic N) is 2. The van der Waals surface area contributed by atoms with E-state index in [0.717, 1.165) is 17.9 Å². The van der Waals surface area contributed by atoms with Gasteiger partial charge in [-0.25, -0.2) is 4.98 Å². The average Bonchev–Trinajstić information content (AvgIpc) is 2.07. The second-order valence-corrected chi connectivity index (χ2v) is 4.17. The maximum atomic E-state index is 4.25. The minimum absolute atomic E-state index is 0.449. The van der Waals surface area contributed by atoms with E-state index < -0.39 is 0 Å². The van der Waals surface area contributed by atoms with E-state index in [1.165, 1.54) is 0 Å². The Morgan fingerprint density at radius 1 is 1.21 bits per heavy atom. The van der Waals surface area contributed by atoms with Crippen molar-refractivity contribution >= 4 is 5.82 Å². The van der Waals surface area contributed by atoms with Crippen molar-refractivity contribution in [1.29, 1.82) is 0 Å². The molecule has 0 aliphatic rings. The first-order chi connectivity index (χ1) is 6.59. The minimum Gasteiger partial charge on any atom is -0.366 e. The van der Waals surface area contributed by atoms with E-state index in [1.54, 1.807) is 12.4 Å². The predicted octanol–water partition coefficient (Wildman–Crippen LogP) is 2.63. The van der Waals surface area contributed by atoms with Crippen LogP contribution in [-0.4, -0.2) is 16.0 Å². The lowest BCUT2D eigenvalue weighted by atomic mass is 10.1. The Kier molecular flexibility index (Phi) is 3.86. The topological polar surface area (TPSA) is 37.8 Å². The summed E-state index contributed by atoms with van der Waals surface area (Å²) >= 11 is 0. The molecule has 0 aliphatic carbocycles. The third kappa shape index (κ3) is 3.32. The van der Waals surface area contributed by atoms with Gasteiger partial charge in [0.2, 0.25) is 0 Å². The van der Waals surface area contributed by atoms with Gasteiger partial charge in [-0.2, -0.15) is 0 Å². The monoisotopic (exact) mass is 193 g/mol. The average molecular weight is 193 g/mol. The number of hydrogen-bond acceptors (Lipinski definition) is 3. The van der Waals surface area contributed by atoms with Gasteiger partial charge in [0.25, 0.3) is 0 Å². The normalized spacial score (nSPS) is 12.9. The fraction of sp³-hybridized carbons (Fsp3) is 0.636. The summed E-state index contributed by atoms with van der Waals surface area (Å²) < 4.78 is 0. The zero-order valence-corrected chi connectivity index (χ0v) is 9.41. The van der Waals surface area contributed by atoms with Crippen molar-refractivity contribution in [2.75, 3.05) is 5.32 Å². The smallest absolute Gasteiger partial charge is 0.147 e. The molecule has 14 heavy (non-hydrogen) atoms. The van der Waals surface area contributed by atoms with E-state index in [-0.39, 0.29) is 0 Å². The minimum atomic E-state index is 0.449. The van der Waals surface area contributed by atoms with Crippen molar-refractivity contribution in [2.24, 2.45) is 5.92 Å². The fourth-order valence-electron chi connectivity index (χ4n) is 1.55. The van der Waals surface area contributed by atoms with Crippen LogP contribution in [0.25, 0.3) is 0 Å². The van der Waals surface area contributed by atoms with Gasteiger partial charge in [-0.05, 0) is 26.2 Å². The van der Waals surface area contributed by atoms with Gasteiger partial charge in [0.05, 0.1) is 5.69 Å². The van der Waals surface area contributed by atoms with Crippen LogP contribution in [-0.2, 0) is 0 Å². The Hall–Kier alpha value is -1.12. The molecule has 0 radical (unpaired) electrons. The highest BCUT2D eigenvalue weighted by molar-refractivity contribution is 5.39. The van der Waals surface area contributed by atoms with Crippen molar-refractivity contribution in [3.8, 4) is 0 Å². The molecule has 3 heteroatoms. The molecule has 1 aromatic heterocycles. The van der Waals surface area contributed by atoms with Gasteiger partial charge >= 0.3 is 0 Å². The molecule has 0 fully saturated rings. The van der Waals surface area contributed by atoms with Gasteiger partial charge in [0, 0.05) is 18.4 Å². The van der Waals surface area contributed by atoms with Crippen LogP contribution in [0.5, 0.6) is 0 Å². The van der Waals surface area contributed by atoms with Crippen LogP contribution in [0.3, 0.4) is 0 Å². The molecule has 1 unspecified atom stereocenters. The lowest BCUT2D eigenvalue weighted by molar-refractivity contribution is 0.538. The largest absolute Gasteiger partial charge is 0.366 e. The first-order valence-corrected chi connectivity index (χ1v) is 5.13. The van der Waals surface area contributed by atoms with E-state index in [4.69, 9.17) is 0 Å². The molecule has 0 saturated carbocycles. The molecule has 1 aromatic rings. The van der Waals surface area contributed by atoms with Gasteiger partial charge in [0.1, 0.15) is 5.82 Å². The third-order valence-electron chi connectivity index (χ3n) is 2.09. The van der Waals surface area contributed by atoms with Crippen LogP contribution in [0, 0.1) is 12.8 Å². The molecular weight excluding hydrogens is 174 g/mol.